The van der Waals surface area contributed by atoms with Gasteiger partial charge in [0.2, 0.25) is 0 Å². The van der Waals surface area contributed by atoms with Crippen molar-refractivity contribution >= 4 is 48.9 Å². The Morgan fingerprint density at radius 3 is 2.86 bits per heavy atom. The molecular formula is C13H20BrClN2O2S2. The maximum atomic E-state index is 12.9. The molecule has 120 valence electrons. The van der Waals surface area contributed by atoms with Crippen molar-refractivity contribution in [2.45, 2.75) is 49.4 Å². The Hall–Kier alpha value is 0.340. The molecule has 2 unspecified atom stereocenters. The Kier molecular flexibility index (Phi) is 6.13. The van der Waals surface area contributed by atoms with E-state index in [-0.39, 0.29) is 12.1 Å². The molecule has 1 fully saturated rings. The number of hydrogen-bond donors (Lipinski definition) is 1. The molecule has 0 amide bonds. The zero-order valence-corrected chi connectivity index (χ0v) is 16.1. The highest BCUT2D eigenvalue weighted by atomic mass is 79.9. The van der Waals surface area contributed by atoms with Gasteiger partial charge in [-0.2, -0.15) is 4.31 Å². The van der Waals surface area contributed by atoms with Crippen molar-refractivity contribution in [3.8, 4) is 0 Å². The van der Waals surface area contributed by atoms with Crippen LogP contribution < -0.4 is 5.32 Å². The number of rotatable bonds is 5. The number of nitrogens with zero attached hydrogens (tertiary/aromatic N) is 1. The highest BCUT2D eigenvalue weighted by Crippen LogP contribution is 2.37. The molecule has 0 bridgehead atoms. The van der Waals surface area contributed by atoms with Gasteiger partial charge in [0, 0.05) is 18.6 Å². The van der Waals surface area contributed by atoms with Crippen molar-refractivity contribution in [3.63, 3.8) is 0 Å². The van der Waals surface area contributed by atoms with E-state index in [1.165, 1.54) is 17.4 Å². The largest absolute Gasteiger partial charge is 0.313 e. The van der Waals surface area contributed by atoms with Crippen LogP contribution in [0.5, 0.6) is 0 Å². The summed E-state index contributed by atoms with van der Waals surface area (Å²) in [5.74, 6) is 0. The van der Waals surface area contributed by atoms with E-state index in [9.17, 15) is 8.42 Å². The van der Waals surface area contributed by atoms with Gasteiger partial charge in [-0.25, -0.2) is 8.42 Å². The molecule has 21 heavy (non-hydrogen) atoms. The molecule has 1 aliphatic heterocycles. The third-order valence-electron chi connectivity index (χ3n) is 3.79. The number of halogens is 2. The molecule has 0 saturated carbocycles. The van der Waals surface area contributed by atoms with Crippen molar-refractivity contribution in [2.24, 2.45) is 0 Å². The van der Waals surface area contributed by atoms with Crippen molar-refractivity contribution < 1.29 is 8.42 Å². The average Bonchev–Trinajstić information content (AvgIpc) is 2.80. The fourth-order valence-electron chi connectivity index (χ4n) is 2.76. The molecule has 4 nitrogen and oxygen atoms in total. The van der Waals surface area contributed by atoms with Crippen LogP contribution in [0, 0.1) is 0 Å². The number of thiophene rings is 1. The second-order valence-electron chi connectivity index (χ2n) is 5.21. The minimum absolute atomic E-state index is 0.00310. The van der Waals surface area contributed by atoms with Crippen molar-refractivity contribution in [1.82, 2.24) is 9.62 Å². The zero-order valence-electron chi connectivity index (χ0n) is 12.1. The molecule has 8 heteroatoms. The van der Waals surface area contributed by atoms with Crippen LogP contribution in [-0.2, 0) is 10.0 Å². The number of sulfonamides is 1. The molecule has 2 heterocycles. The van der Waals surface area contributed by atoms with E-state index in [1.54, 1.807) is 4.31 Å². The Morgan fingerprint density at radius 2 is 2.29 bits per heavy atom. The fourth-order valence-corrected chi connectivity index (χ4v) is 7.05. The summed E-state index contributed by atoms with van der Waals surface area (Å²) in [6.45, 7) is 5.51. The lowest BCUT2D eigenvalue weighted by Crippen LogP contribution is -2.52. The summed E-state index contributed by atoms with van der Waals surface area (Å²) in [5, 5.41) is 3.80. The second kappa shape index (κ2) is 7.27. The first-order chi connectivity index (χ1) is 9.87. The number of nitrogens with one attached hydrogen (secondary N) is 1. The highest BCUT2D eigenvalue weighted by molar-refractivity contribution is 9.11. The van der Waals surface area contributed by atoms with Gasteiger partial charge in [0.15, 0.2) is 0 Å². The number of piperidine rings is 1. The SMILES string of the molecule is CCNC(C)C1CCCCN1S(=O)(=O)c1cc(Cl)c(Br)s1. The Balaban J connectivity index is 2.31. The van der Waals surface area contributed by atoms with Crippen LogP contribution in [0.3, 0.4) is 0 Å². The summed E-state index contributed by atoms with van der Waals surface area (Å²) in [6, 6.07) is 1.68. The minimum Gasteiger partial charge on any atom is -0.313 e. The lowest BCUT2D eigenvalue weighted by molar-refractivity contribution is 0.210. The van der Waals surface area contributed by atoms with Crippen LogP contribution in [0.4, 0.5) is 0 Å². The first kappa shape index (κ1) is 17.7. The predicted molar refractivity (Wildman–Crippen MR) is 91.7 cm³/mol. The molecule has 1 aromatic heterocycles. The first-order valence-electron chi connectivity index (χ1n) is 7.08. The van der Waals surface area contributed by atoms with Gasteiger partial charge in [0.25, 0.3) is 10.0 Å². The third kappa shape index (κ3) is 3.82. The van der Waals surface area contributed by atoms with Crippen LogP contribution in [0.15, 0.2) is 14.1 Å². The van der Waals surface area contributed by atoms with E-state index in [4.69, 9.17) is 11.6 Å². The van der Waals surface area contributed by atoms with Gasteiger partial charge in [-0.3, -0.25) is 0 Å². The first-order valence-corrected chi connectivity index (χ1v) is 10.5. The number of hydrogen-bond acceptors (Lipinski definition) is 4. The Labute approximate surface area is 144 Å². The highest BCUT2D eigenvalue weighted by Gasteiger charge is 2.37. The van der Waals surface area contributed by atoms with E-state index in [2.05, 4.69) is 28.2 Å². The molecule has 0 aromatic carbocycles. The van der Waals surface area contributed by atoms with Gasteiger partial charge in [-0.1, -0.05) is 24.9 Å². The lowest BCUT2D eigenvalue weighted by atomic mass is 9.99. The molecule has 2 rings (SSSR count). The van der Waals surface area contributed by atoms with E-state index in [0.29, 0.717) is 19.6 Å². The normalized spacial score (nSPS) is 22.4. The van der Waals surface area contributed by atoms with Crippen LogP contribution in [0.25, 0.3) is 0 Å². The monoisotopic (exact) mass is 414 g/mol. The van der Waals surface area contributed by atoms with E-state index >= 15 is 0 Å². The molecule has 1 aliphatic rings. The summed E-state index contributed by atoms with van der Waals surface area (Å²) >= 11 is 10.5. The zero-order chi connectivity index (χ0) is 15.6. The van der Waals surface area contributed by atoms with Crippen LogP contribution in [-0.4, -0.2) is 37.9 Å². The standard InChI is InChI=1S/C13H20BrClN2O2S2/c1-3-16-9(2)11-6-4-5-7-17(11)21(18,19)12-8-10(15)13(14)20-12/h8-9,11,16H,3-7H2,1-2H3. The molecular weight excluding hydrogens is 396 g/mol. The summed E-state index contributed by atoms with van der Waals surface area (Å²) in [5.41, 5.74) is 0. The van der Waals surface area contributed by atoms with E-state index < -0.39 is 10.0 Å². The minimum atomic E-state index is -3.48. The van der Waals surface area contributed by atoms with Gasteiger partial charge in [-0.15, -0.1) is 11.3 Å². The fraction of sp³-hybridized carbons (Fsp3) is 0.692. The second-order valence-corrected chi connectivity index (χ2v) is 10.1. The third-order valence-corrected chi connectivity index (χ3v) is 8.64. The molecule has 0 radical (unpaired) electrons. The van der Waals surface area contributed by atoms with Crippen LogP contribution in [0.2, 0.25) is 5.02 Å². The summed E-state index contributed by atoms with van der Waals surface area (Å²) in [7, 11) is -3.48. The summed E-state index contributed by atoms with van der Waals surface area (Å²) in [4.78, 5) is 0. The Bertz CT molecular complexity index is 571. The maximum absolute atomic E-state index is 12.9. The average molecular weight is 416 g/mol. The molecule has 2 atom stereocenters. The molecule has 0 spiro atoms. The predicted octanol–water partition coefficient (Wildman–Crippen LogP) is 3.71. The van der Waals surface area contributed by atoms with Gasteiger partial charge in [-0.05, 0) is 48.3 Å². The molecule has 1 aromatic rings. The van der Waals surface area contributed by atoms with E-state index in [0.717, 1.165) is 25.8 Å². The van der Waals surface area contributed by atoms with Gasteiger partial charge >= 0.3 is 0 Å². The molecule has 0 aliphatic carbocycles. The Morgan fingerprint density at radius 1 is 1.57 bits per heavy atom. The topological polar surface area (TPSA) is 49.4 Å². The van der Waals surface area contributed by atoms with Crippen molar-refractivity contribution in [3.05, 3.63) is 14.9 Å². The maximum Gasteiger partial charge on any atom is 0.252 e. The lowest BCUT2D eigenvalue weighted by Gasteiger charge is -2.38. The van der Waals surface area contributed by atoms with Crippen molar-refractivity contribution in [2.75, 3.05) is 13.1 Å². The quantitative estimate of drug-likeness (QED) is 0.797. The summed E-state index contributed by atoms with van der Waals surface area (Å²) < 4.78 is 28.4. The van der Waals surface area contributed by atoms with Gasteiger partial charge in [0.1, 0.15) is 4.21 Å². The molecule has 1 saturated heterocycles. The van der Waals surface area contributed by atoms with E-state index in [1.807, 2.05) is 6.92 Å². The van der Waals surface area contributed by atoms with Crippen LogP contribution in [0.1, 0.15) is 33.1 Å². The smallest absolute Gasteiger partial charge is 0.252 e. The summed E-state index contributed by atoms with van der Waals surface area (Å²) in [6.07, 6.45) is 2.88. The van der Waals surface area contributed by atoms with Crippen LogP contribution >= 0.6 is 38.9 Å². The van der Waals surface area contributed by atoms with Crippen molar-refractivity contribution in [1.29, 1.82) is 0 Å². The van der Waals surface area contributed by atoms with Gasteiger partial charge < -0.3 is 5.32 Å². The molecule has 1 N–H and O–H groups in total. The van der Waals surface area contributed by atoms with Gasteiger partial charge in [0.05, 0.1) is 8.81 Å². The number of likely N-dealkylation sites (N-methyl/N-ethyl adjacent to an activating group) is 1.